The minimum absolute atomic E-state index is 0.0806. The van der Waals surface area contributed by atoms with Gasteiger partial charge in [0, 0.05) is 22.7 Å². The van der Waals surface area contributed by atoms with Gasteiger partial charge in [0.25, 0.3) is 0 Å². The molecule has 2 aromatic rings. The molecule has 1 unspecified atom stereocenters. The number of rotatable bonds is 6. The van der Waals surface area contributed by atoms with E-state index in [0.29, 0.717) is 19.3 Å². The molecule has 0 saturated carbocycles. The molecule has 0 aromatic heterocycles. The first-order valence-electron chi connectivity index (χ1n) is 8.46. The van der Waals surface area contributed by atoms with Gasteiger partial charge in [0.05, 0.1) is 0 Å². The van der Waals surface area contributed by atoms with Gasteiger partial charge in [0.2, 0.25) is 0 Å². The SMILES string of the molecule is CC(=O)CCC1(CCC(=O)O)c2cc(C)ccc2-c2ccc(Br)cc21. The summed E-state index contributed by atoms with van der Waals surface area (Å²) in [5.41, 5.74) is 5.31. The molecule has 3 rings (SSSR count). The van der Waals surface area contributed by atoms with Gasteiger partial charge in [0.15, 0.2) is 0 Å². The van der Waals surface area contributed by atoms with E-state index in [-0.39, 0.29) is 12.2 Å². The maximum atomic E-state index is 11.7. The van der Waals surface area contributed by atoms with Crippen molar-refractivity contribution in [2.24, 2.45) is 0 Å². The fourth-order valence-corrected chi connectivity index (χ4v) is 4.32. The second kappa shape index (κ2) is 6.75. The Balaban J connectivity index is 2.23. The normalized spacial score (nSPS) is 17.9. The van der Waals surface area contributed by atoms with Crippen LogP contribution in [0.15, 0.2) is 40.9 Å². The monoisotopic (exact) mass is 400 g/mol. The second-order valence-electron chi connectivity index (χ2n) is 6.92. The van der Waals surface area contributed by atoms with Crippen LogP contribution >= 0.6 is 15.9 Å². The fraction of sp³-hybridized carbons (Fsp3) is 0.333. The van der Waals surface area contributed by atoms with Gasteiger partial charge in [-0.25, -0.2) is 0 Å². The van der Waals surface area contributed by atoms with Crippen LogP contribution in [0.25, 0.3) is 11.1 Å². The number of aryl methyl sites for hydroxylation is 1. The van der Waals surface area contributed by atoms with Gasteiger partial charge in [-0.15, -0.1) is 0 Å². The Morgan fingerprint density at radius 2 is 1.60 bits per heavy atom. The molecule has 3 nitrogen and oxygen atoms in total. The van der Waals surface area contributed by atoms with Crippen LogP contribution in [0.3, 0.4) is 0 Å². The lowest BCUT2D eigenvalue weighted by molar-refractivity contribution is -0.137. The summed E-state index contributed by atoms with van der Waals surface area (Å²) in [7, 11) is 0. The molecule has 0 saturated heterocycles. The Kier molecular flexibility index (Phi) is 4.83. The lowest BCUT2D eigenvalue weighted by atomic mass is 9.71. The topological polar surface area (TPSA) is 54.4 Å². The number of hydrogen-bond acceptors (Lipinski definition) is 2. The molecule has 0 aliphatic heterocycles. The Hall–Kier alpha value is -1.94. The molecule has 0 spiro atoms. The number of carbonyl (C=O) groups is 2. The minimum atomic E-state index is -0.806. The second-order valence-corrected chi connectivity index (χ2v) is 7.83. The number of Topliss-reactive ketones (excluding diaryl/α,β-unsaturated/α-hetero) is 1. The van der Waals surface area contributed by atoms with Crippen LogP contribution in [0.5, 0.6) is 0 Å². The van der Waals surface area contributed by atoms with Gasteiger partial charge in [0.1, 0.15) is 5.78 Å². The average Bonchev–Trinajstić information content (AvgIpc) is 2.80. The highest BCUT2D eigenvalue weighted by atomic mass is 79.9. The lowest BCUT2D eigenvalue weighted by Gasteiger charge is -2.32. The van der Waals surface area contributed by atoms with E-state index in [1.165, 1.54) is 0 Å². The molecule has 0 heterocycles. The van der Waals surface area contributed by atoms with Crippen molar-refractivity contribution in [3.8, 4) is 11.1 Å². The summed E-state index contributed by atoms with van der Waals surface area (Å²) in [6.45, 7) is 3.64. The van der Waals surface area contributed by atoms with Crippen LogP contribution in [0, 0.1) is 6.92 Å². The van der Waals surface area contributed by atoms with Crippen LogP contribution in [0.4, 0.5) is 0 Å². The number of carboxylic acid groups (broad SMARTS) is 1. The zero-order chi connectivity index (χ0) is 18.2. The summed E-state index contributed by atoms with van der Waals surface area (Å²) in [6.07, 6.45) is 1.65. The van der Waals surface area contributed by atoms with Crippen molar-refractivity contribution in [2.75, 3.05) is 0 Å². The minimum Gasteiger partial charge on any atom is -0.481 e. The molecular formula is C21H21BrO3. The molecule has 4 heteroatoms. The number of hydrogen-bond donors (Lipinski definition) is 1. The summed E-state index contributed by atoms with van der Waals surface area (Å²) < 4.78 is 0.971. The van der Waals surface area contributed by atoms with E-state index in [1.807, 2.05) is 13.0 Å². The number of halogens is 1. The Bertz CT molecular complexity index is 783. The first-order valence-corrected chi connectivity index (χ1v) is 9.25. The highest BCUT2D eigenvalue weighted by Gasteiger charge is 2.43. The molecular weight excluding hydrogens is 380 g/mol. The van der Waals surface area contributed by atoms with Crippen molar-refractivity contribution < 1.29 is 14.7 Å². The quantitative estimate of drug-likeness (QED) is 0.719. The van der Waals surface area contributed by atoms with Gasteiger partial charge in [-0.1, -0.05) is 45.8 Å². The van der Waals surface area contributed by atoms with Crippen molar-refractivity contribution in [3.63, 3.8) is 0 Å². The number of carbonyl (C=O) groups excluding carboxylic acids is 1. The summed E-state index contributed by atoms with van der Waals surface area (Å²) in [5.74, 6) is -0.674. The number of benzene rings is 2. The number of fused-ring (bicyclic) bond motifs is 3. The third-order valence-corrected chi connectivity index (χ3v) is 5.64. The smallest absolute Gasteiger partial charge is 0.303 e. The summed E-state index contributed by atoms with van der Waals surface area (Å²) in [4.78, 5) is 23.0. The zero-order valence-corrected chi connectivity index (χ0v) is 16.0. The summed E-state index contributed by atoms with van der Waals surface area (Å²) in [5, 5.41) is 9.29. The van der Waals surface area contributed by atoms with Crippen LogP contribution in [0.2, 0.25) is 0 Å². The number of aliphatic carboxylic acids is 1. The summed E-state index contributed by atoms with van der Waals surface area (Å²) >= 11 is 3.55. The maximum absolute atomic E-state index is 11.7. The number of carboxylic acids is 1. The van der Waals surface area contributed by atoms with Gasteiger partial charge < -0.3 is 9.90 Å². The largest absolute Gasteiger partial charge is 0.481 e. The van der Waals surface area contributed by atoms with E-state index < -0.39 is 11.4 Å². The van der Waals surface area contributed by atoms with Crippen LogP contribution < -0.4 is 0 Å². The molecule has 1 N–H and O–H groups in total. The molecule has 25 heavy (non-hydrogen) atoms. The molecule has 1 aliphatic rings. The van der Waals surface area contributed by atoms with Crippen molar-refractivity contribution in [1.29, 1.82) is 0 Å². The van der Waals surface area contributed by atoms with Crippen molar-refractivity contribution in [2.45, 2.75) is 44.9 Å². The summed E-state index contributed by atoms with van der Waals surface area (Å²) in [6, 6.07) is 12.6. The van der Waals surface area contributed by atoms with Gasteiger partial charge >= 0.3 is 5.97 Å². The van der Waals surface area contributed by atoms with E-state index >= 15 is 0 Å². The molecule has 1 aliphatic carbocycles. The predicted octanol–water partition coefficient (Wildman–Crippen LogP) is 5.26. The zero-order valence-electron chi connectivity index (χ0n) is 14.4. The van der Waals surface area contributed by atoms with E-state index in [2.05, 4.69) is 46.3 Å². The van der Waals surface area contributed by atoms with E-state index in [9.17, 15) is 14.7 Å². The molecule has 2 aromatic carbocycles. The lowest BCUT2D eigenvalue weighted by Crippen LogP contribution is -2.27. The van der Waals surface area contributed by atoms with E-state index in [0.717, 1.165) is 32.3 Å². The van der Waals surface area contributed by atoms with E-state index in [1.54, 1.807) is 6.92 Å². The molecule has 1 atom stereocenters. The van der Waals surface area contributed by atoms with Gasteiger partial charge in [-0.2, -0.15) is 0 Å². The standard InChI is InChI=1S/C21H21BrO3/c1-13-3-5-16-17-6-4-15(22)12-19(17)21(18(16)11-13,9-7-14(2)23)10-8-20(24)25/h3-6,11-12H,7-10H2,1-2H3,(H,24,25). The highest BCUT2D eigenvalue weighted by Crippen LogP contribution is 2.54. The van der Waals surface area contributed by atoms with Crippen molar-refractivity contribution in [1.82, 2.24) is 0 Å². The third-order valence-electron chi connectivity index (χ3n) is 5.15. The van der Waals surface area contributed by atoms with Gasteiger partial charge in [-0.3, -0.25) is 4.79 Å². The Morgan fingerprint density at radius 3 is 2.24 bits per heavy atom. The van der Waals surface area contributed by atoms with Crippen LogP contribution in [-0.2, 0) is 15.0 Å². The molecule has 0 radical (unpaired) electrons. The van der Waals surface area contributed by atoms with Crippen LogP contribution in [-0.4, -0.2) is 16.9 Å². The predicted molar refractivity (Wildman–Crippen MR) is 102 cm³/mol. The first kappa shape index (κ1) is 17.9. The molecule has 0 amide bonds. The van der Waals surface area contributed by atoms with Crippen molar-refractivity contribution >= 4 is 27.7 Å². The highest BCUT2D eigenvalue weighted by molar-refractivity contribution is 9.10. The van der Waals surface area contributed by atoms with Crippen LogP contribution in [0.1, 0.15) is 49.3 Å². The Morgan fingerprint density at radius 1 is 1.00 bits per heavy atom. The fourth-order valence-electron chi connectivity index (χ4n) is 3.95. The van der Waals surface area contributed by atoms with Gasteiger partial charge in [-0.05, 0) is 61.1 Å². The molecule has 130 valence electrons. The maximum Gasteiger partial charge on any atom is 0.303 e. The van der Waals surface area contributed by atoms with E-state index in [4.69, 9.17) is 0 Å². The first-order chi connectivity index (χ1) is 11.8. The third kappa shape index (κ3) is 3.28. The molecule has 0 bridgehead atoms. The molecule has 0 fully saturated rings. The average molecular weight is 401 g/mol. The van der Waals surface area contributed by atoms with Crippen molar-refractivity contribution in [3.05, 3.63) is 57.6 Å². The number of ketones is 1. The Labute approximate surface area is 156 Å².